The van der Waals surface area contributed by atoms with Crippen molar-refractivity contribution < 1.29 is 0 Å². The largest absolute Gasteiger partial charge is 0.393 e. The lowest BCUT2D eigenvalue weighted by molar-refractivity contribution is 0.0610. The predicted octanol–water partition coefficient (Wildman–Crippen LogP) is 2.50. The molecule has 0 saturated carbocycles. The molecule has 1 fully saturated rings. The summed E-state index contributed by atoms with van der Waals surface area (Å²) in [5, 5.41) is 0. The Morgan fingerprint density at radius 2 is 1.58 bits per heavy atom. The first-order chi connectivity index (χ1) is 8.63. The molecule has 1 aliphatic rings. The van der Waals surface area contributed by atoms with E-state index in [-0.39, 0.29) is 5.41 Å². The highest BCUT2D eigenvalue weighted by Gasteiger charge is 2.26. The second-order valence-corrected chi connectivity index (χ2v) is 7.79. The molecule has 0 aromatic heterocycles. The minimum absolute atomic E-state index is 0.00254. The van der Waals surface area contributed by atoms with Crippen molar-refractivity contribution in [3.05, 3.63) is 0 Å². The van der Waals surface area contributed by atoms with E-state index in [9.17, 15) is 0 Å². The second-order valence-electron chi connectivity index (χ2n) is 7.35. The lowest BCUT2D eigenvalue weighted by atomic mass is 9.88. The standard InChI is InChI=1S/C15H31N3S/c1-14(2,3)18-11-9-17(10-12-18)8-6-7-15(4,5)13(16)19/h6-12H2,1-5H3,(H2,16,19). The molecule has 2 N–H and O–H groups in total. The Morgan fingerprint density at radius 3 is 2.00 bits per heavy atom. The molecule has 3 nitrogen and oxygen atoms in total. The summed E-state index contributed by atoms with van der Waals surface area (Å²) in [7, 11) is 0. The summed E-state index contributed by atoms with van der Waals surface area (Å²) < 4.78 is 0. The van der Waals surface area contributed by atoms with Crippen LogP contribution in [0.1, 0.15) is 47.5 Å². The molecular weight excluding hydrogens is 254 g/mol. The molecule has 112 valence electrons. The van der Waals surface area contributed by atoms with E-state index in [1.165, 1.54) is 39.1 Å². The van der Waals surface area contributed by atoms with Gasteiger partial charge in [-0.2, -0.15) is 0 Å². The van der Waals surface area contributed by atoms with Gasteiger partial charge in [-0.05, 0) is 40.2 Å². The Hall–Kier alpha value is -0.190. The van der Waals surface area contributed by atoms with Crippen LogP contribution in [0.15, 0.2) is 0 Å². The molecule has 0 amide bonds. The second kappa shape index (κ2) is 6.51. The Bertz CT molecular complexity index is 299. The van der Waals surface area contributed by atoms with Gasteiger partial charge in [-0.3, -0.25) is 4.90 Å². The molecule has 4 heteroatoms. The van der Waals surface area contributed by atoms with Crippen LogP contribution in [0.25, 0.3) is 0 Å². The molecule has 1 saturated heterocycles. The zero-order valence-electron chi connectivity index (χ0n) is 13.3. The number of thiocarbonyl (C=S) groups is 1. The number of nitrogens with two attached hydrogens (primary N) is 1. The summed E-state index contributed by atoms with van der Waals surface area (Å²) in [5.41, 5.74) is 6.07. The zero-order valence-corrected chi connectivity index (χ0v) is 14.1. The van der Waals surface area contributed by atoms with Gasteiger partial charge in [0.2, 0.25) is 0 Å². The Labute approximate surface area is 124 Å². The Balaban J connectivity index is 2.26. The first-order valence-corrected chi connectivity index (χ1v) is 7.81. The van der Waals surface area contributed by atoms with Gasteiger partial charge < -0.3 is 10.6 Å². The van der Waals surface area contributed by atoms with Crippen LogP contribution in [0, 0.1) is 5.41 Å². The van der Waals surface area contributed by atoms with Crippen molar-refractivity contribution in [3.8, 4) is 0 Å². The zero-order chi connectivity index (χ0) is 14.7. The Morgan fingerprint density at radius 1 is 1.05 bits per heavy atom. The highest BCUT2D eigenvalue weighted by molar-refractivity contribution is 7.80. The maximum atomic E-state index is 5.77. The van der Waals surface area contributed by atoms with Crippen LogP contribution in [0.2, 0.25) is 0 Å². The molecule has 0 aromatic carbocycles. The summed E-state index contributed by atoms with van der Waals surface area (Å²) in [6.45, 7) is 17.1. The average Bonchev–Trinajstić information content (AvgIpc) is 2.28. The lowest BCUT2D eigenvalue weighted by Crippen LogP contribution is -2.53. The van der Waals surface area contributed by atoms with Crippen molar-refractivity contribution in [2.24, 2.45) is 11.1 Å². The molecule has 1 rings (SSSR count). The summed E-state index contributed by atoms with van der Waals surface area (Å²) in [5.74, 6) is 0. The van der Waals surface area contributed by atoms with Gasteiger partial charge in [0.15, 0.2) is 0 Å². The van der Waals surface area contributed by atoms with Crippen molar-refractivity contribution in [2.45, 2.75) is 53.0 Å². The van der Waals surface area contributed by atoms with Crippen molar-refractivity contribution in [1.29, 1.82) is 0 Å². The number of nitrogens with zero attached hydrogens (tertiary/aromatic N) is 2. The van der Waals surface area contributed by atoms with Gasteiger partial charge in [0, 0.05) is 37.1 Å². The first-order valence-electron chi connectivity index (χ1n) is 7.40. The smallest absolute Gasteiger partial charge is 0.0784 e. The van der Waals surface area contributed by atoms with Crippen molar-refractivity contribution >= 4 is 17.2 Å². The molecule has 0 aliphatic carbocycles. The van der Waals surface area contributed by atoms with Crippen LogP contribution in [-0.2, 0) is 0 Å². The van der Waals surface area contributed by atoms with Gasteiger partial charge >= 0.3 is 0 Å². The quantitative estimate of drug-likeness (QED) is 0.787. The number of piperazine rings is 1. The van der Waals surface area contributed by atoms with Crippen LogP contribution in [0.4, 0.5) is 0 Å². The molecule has 0 unspecified atom stereocenters. The summed E-state index contributed by atoms with van der Waals surface area (Å²) in [6.07, 6.45) is 2.27. The minimum Gasteiger partial charge on any atom is -0.393 e. The van der Waals surface area contributed by atoms with Crippen LogP contribution >= 0.6 is 12.2 Å². The average molecular weight is 286 g/mol. The topological polar surface area (TPSA) is 32.5 Å². The van der Waals surface area contributed by atoms with Crippen LogP contribution in [0.3, 0.4) is 0 Å². The molecule has 0 aromatic rings. The minimum atomic E-state index is 0.00254. The summed E-state index contributed by atoms with van der Waals surface area (Å²) >= 11 is 5.12. The highest BCUT2D eigenvalue weighted by atomic mass is 32.1. The van der Waals surface area contributed by atoms with E-state index < -0.39 is 0 Å². The molecular formula is C15H31N3S. The van der Waals surface area contributed by atoms with Crippen LogP contribution in [0.5, 0.6) is 0 Å². The molecule has 19 heavy (non-hydrogen) atoms. The fourth-order valence-electron chi connectivity index (χ4n) is 2.51. The maximum Gasteiger partial charge on any atom is 0.0784 e. The normalized spacial score (nSPS) is 19.6. The number of hydrogen-bond acceptors (Lipinski definition) is 3. The van der Waals surface area contributed by atoms with Crippen LogP contribution in [-0.4, -0.2) is 53.1 Å². The van der Waals surface area contributed by atoms with Crippen molar-refractivity contribution in [1.82, 2.24) is 9.80 Å². The van der Waals surface area contributed by atoms with E-state index in [1.54, 1.807) is 0 Å². The molecule has 1 aliphatic heterocycles. The SMILES string of the molecule is CC(C)(CCCN1CCN(C(C)(C)C)CC1)C(N)=S. The fourth-order valence-corrected chi connectivity index (χ4v) is 2.61. The molecule has 1 heterocycles. The monoisotopic (exact) mass is 285 g/mol. The van der Waals surface area contributed by atoms with E-state index in [0.717, 1.165) is 6.42 Å². The molecule has 0 bridgehead atoms. The Kier molecular flexibility index (Phi) is 5.78. The highest BCUT2D eigenvalue weighted by Crippen LogP contribution is 2.23. The van der Waals surface area contributed by atoms with Crippen LogP contribution < -0.4 is 5.73 Å². The van der Waals surface area contributed by atoms with E-state index in [1.807, 2.05) is 0 Å². The van der Waals surface area contributed by atoms with Gasteiger partial charge in [0.1, 0.15) is 0 Å². The van der Waals surface area contributed by atoms with Gasteiger partial charge in [-0.25, -0.2) is 0 Å². The van der Waals surface area contributed by atoms with Gasteiger partial charge in [-0.15, -0.1) is 0 Å². The molecule has 0 spiro atoms. The maximum absolute atomic E-state index is 5.77. The third-order valence-electron chi connectivity index (χ3n) is 4.26. The van der Waals surface area contributed by atoms with Gasteiger partial charge in [0.25, 0.3) is 0 Å². The van der Waals surface area contributed by atoms with Crippen molar-refractivity contribution in [3.63, 3.8) is 0 Å². The lowest BCUT2D eigenvalue weighted by Gasteiger charge is -2.42. The molecule has 0 atom stereocenters. The molecule has 0 radical (unpaired) electrons. The van der Waals surface area contributed by atoms with Gasteiger partial charge in [0.05, 0.1) is 4.99 Å². The van der Waals surface area contributed by atoms with Gasteiger partial charge in [-0.1, -0.05) is 26.1 Å². The summed E-state index contributed by atoms with van der Waals surface area (Å²) in [4.78, 5) is 5.78. The fraction of sp³-hybridized carbons (Fsp3) is 0.933. The third-order valence-corrected chi connectivity index (χ3v) is 4.82. The van der Waals surface area contributed by atoms with E-state index in [0.29, 0.717) is 10.5 Å². The summed E-state index contributed by atoms with van der Waals surface area (Å²) in [6, 6.07) is 0. The third kappa shape index (κ3) is 5.36. The van der Waals surface area contributed by atoms with Crippen molar-refractivity contribution in [2.75, 3.05) is 32.7 Å². The number of hydrogen-bond donors (Lipinski definition) is 1. The van der Waals surface area contributed by atoms with E-state index >= 15 is 0 Å². The van der Waals surface area contributed by atoms with E-state index in [2.05, 4.69) is 44.4 Å². The first kappa shape index (κ1) is 16.9. The van der Waals surface area contributed by atoms with E-state index in [4.69, 9.17) is 18.0 Å². The predicted molar refractivity (Wildman–Crippen MR) is 87.6 cm³/mol. The number of rotatable bonds is 5.